The summed E-state index contributed by atoms with van der Waals surface area (Å²) in [6.07, 6.45) is 5.05. The lowest BCUT2D eigenvalue weighted by Gasteiger charge is -2.29. The zero-order chi connectivity index (χ0) is 25.0. The molecule has 1 atom stereocenters. The first-order chi connectivity index (χ1) is 17.4. The van der Waals surface area contributed by atoms with E-state index in [1.807, 2.05) is 18.2 Å². The van der Waals surface area contributed by atoms with Crippen LogP contribution in [-0.4, -0.2) is 41.4 Å². The summed E-state index contributed by atoms with van der Waals surface area (Å²) >= 11 is 0. The number of hydrogen-bond acceptors (Lipinski definition) is 7. The second-order valence-electron chi connectivity index (χ2n) is 9.13. The Morgan fingerprint density at radius 1 is 1.17 bits per heavy atom. The molecule has 0 bridgehead atoms. The van der Waals surface area contributed by atoms with Crippen molar-refractivity contribution in [2.75, 3.05) is 19.4 Å². The van der Waals surface area contributed by atoms with E-state index in [1.54, 1.807) is 30.5 Å². The van der Waals surface area contributed by atoms with Gasteiger partial charge >= 0.3 is 6.03 Å². The van der Waals surface area contributed by atoms with Crippen LogP contribution < -0.4 is 21.1 Å². The fourth-order valence-electron chi connectivity index (χ4n) is 5.04. The van der Waals surface area contributed by atoms with Gasteiger partial charge in [-0.25, -0.2) is 9.78 Å². The Bertz CT molecular complexity index is 1460. The maximum Gasteiger partial charge on any atom is 0.322 e. The van der Waals surface area contributed by atoms with Gasteiger partial charge in [-0.15, -0.1) is 0 Å². The molecule has 4 amide bonds. The molecule has 1 unspecified atom stereocenters. The van der Waals surface area contributed by atoms with Crippen molar-refractivity contribution in [2.24, 2.45) is 0 Å². The number of nitrogens with one attached hydrogen (secondary N) is 2. The molecular formula is C26H23N5O5. The highest BCUT2D eigenvalue weighted by atomic mass is 16.5. The van der Waals surface area contributed by atoms with Crippen LogP contribution in [0.3, 0.4) is 0 Å². The van der Waals surface area contributed by atoms with Gasteiger partial charge in [0, 0.05) is 30.3 Å². The molecule has 6 rings (SSSR count). The molecule has 182 valence electrons. The quantitative estimate of drug-likeness (QED) is 0.472. The van der Waals surface area contributed by atoms with E-state index in [9.17, 15) is 14.4 Å². The van der Waals surface area contributed by atoms with E-state index in [2.05, 4.69) is 15.6 Å². The Morgan fingerprint density at radius 2 is 2.03 bits per heavy atom. The van der Waals surface area contributed by atoms with Crippen molar-refractivity contribution in [3.8, 4) is 5.75 Å². The highest BCUT2D eigenvalue weighted by Gasteiger charge is 2.53. The zero-order valence-electron chi connectivity index (χ0n) is 19.5. The molecule has 2 aliphatic heterocycles. The van der Waals surface area contributed by atoms with E-state index in [0.29, 0.717) is 35.9 Å². The van der Waals surface area contributed by atoms with Gasteiger partial charge in [0.2, 0.25) is 0 Å². The summed E-state index contributed by atoms with van der Waals surface area (Å²) in [5.41, 5.74) is 8.33. The number of imide groups is 1. The van der Waals surface area contributed by atoms with Gasteiger partial charge in [0.1, 0.15) is 23.1 Å². The average Bonchev–Trinajstić information content (AvgIpc) is 3.53. The second kappa shape index (κ2) is 7.98. The fourth-order valence-corrected chi connectivity index (χ4v) is 5.04. The Balaban J connectivity index is 1.35. The third-order valence-corrected chi connectivity index (χ3v) is 6.94. The number of furan rings is 1. The number of urea groups is 1. The Kier molecular flexibility index (Phi) is 4.85. The molecule has 36 heavy (non-hydrogen) atoms. The minimum atomic E-state index is -1.55. The molecule has 10 nitrogen and oxygen atoms in total. The maximum atomic E-state index is 13.2. The first kappa shape index (κ1) is 21.9. The lowest BCUT2D eigenvalue weighted by Crippen LogP contribution is -2.52. The molecule has 3 aromatic rings. The molecule has 0 spiro atoms. The molecule has 10 heteroatoms. The van der Waals surface area contributed by atoms with E-state index >= 15 is 0 Å². The second-order valence-corrected chi connectivity index (χ2v) is 9.13. The van der Waals surface area contributed by atoms with Gasteiger partial charge in [0.05, 0.1) is 13.7 Å². The van der Waals surface area contributed by atoms with Gasteiger partial charge in [-0.3, -0.25) is 14.9 Å². The average molecular weight is 486 g/mol. The van der Waals surface area contributed by atoms with Crippen LogP contribution in [0, 0.1) is 0 Å². The topological polar surface area (TPSA) is 140 Å². The third kappa shape index (κ3) is 3.41. The number of aryl methyl sites for hydroxylation is 1. The predicted octanol–water partition coefficient (Wildman–Crippen LogP) is 2.44. The number of hydrogen-bond donors (Lipinski definition) is 3. The van der Waals surface area contributed by atoms with Crippen molar-refractivity contribution in [3.05, 3.63) is 76.4 Å². The molecule has 0 radical (unpaired) electrons. The normalized spacial score (nSPS) is 20.5. The summed E-state index contributed by atoms with van der Waals surface area (Å²) in [4.78, 5) is 44.3. The van der Waals surface area contributed by atoms with Gasteiger partial charge in [0.25, 0.3) is 11.8 Å². The number of methoxy groups -OCH3 is 1. The van der Waals surface area contributed by atoms with Gasteiger partial charge < -0.3 is 25.1 Å². The van der Waals surface area contributed by atoms with Crippen LogP contribution in [0.15, 0.2) is 47.0 Å². The minimum Gasteiger partial charge on any atom is -0.497 e. The van der Waals surface area contributed by atoms with E-state index < -0.39 is 17.5 Å². The Morgan fingerprint density at radius 3 is 2.75 bits per heavy atom. The molecule has 2 aromatic heterocycles. The van der Waals surface area contributed by atoms with Crippen molar-refractivity contribution < 1.29 is 23.5 Å². The monoisotopic (exact) mass is 485 g/mol. The van der Waals surface area contributed by atoms with Gasteiger partial charge in [-0.2, -0.15) is 0 Å². The first-order valence-corrected chi connectivity index (χ1v) is 11.5. The fraction of sp³-hybridized carbons (Fsp3) is 0.231. The number of nitrogens with zero attached hydrogens (tertiary/aromatic N) is 2. The van der Waals surface area contributed by atoms with Crippen molar-refractivity contribution in [3.63, 3.8) is 0 Å². The molecule has 4 heterocycles. The van der Waals surface area contributed by atoms with Crippen molar-refractivity contribution >= 4 is 35.3 Å². The number of allylic oxidation sites excluding steroid dienone is 1. The van der Waals surface area contributed by atoms with Crippen molar-refractivity contribution in [1.82, 2.24) is 20.5 Å². The summed E-state index contributed by atoms with van der Waals surface area (Å²) in [6, 6.07) is 10.1. The maximum absolute atomic E-state index is 13.2. The molecule has 0 saturated carbocycles. The number of carbonyl (C=O) groups excluding carboxylic acids is 3. The number of benzene rings is 1. The SMILES string of the molecule is COc1ccc2c(c1)C(=O)N(CC1(c3cc4c(o3)CCC(c3ccc(N)nc3)=C4)NC(=O)NC1=O)C2. The number of anilines is 1. The molecular weight excluding hydrogens is 462 g/mol. The van der Waals surface area contributed by atoms with Crippen molar-refractivity contribution in [1.29, 1.82) is 0 Å². The highest BCUT2D eigenvalue weighted by molar-refractivity contribution is 6.08. The Labute approximate surface area is 206 Å². The first-order valence-electron chi connectivity index (χ1n) is 11.5. The van der Waals surface area contributed by atoms with Gasteiger partial charge in [-0.1, -0.05) is 6.07 Å². The summed E-state index contributed by atoms with van der Waals surface area (Å²) in [5, 5.41) is 5.04. The van der Waals surface area contributed by atoms with Crippen LogP contribution in [0.2, 0.25) is 0 Å². The van der Waals surface area contributed by atoms with Crippen LogP contribution in [0.1, 0.15) is 45.0 Å². The lowest BCUT2D eigenvalue weighted by molar-refractivity contribution is -0.125. The summed E-state index contributed by atoms with van der Waals surface area (Å²) in [5.74, 6) is 1.21. The van der Waals surface area contributed by atoms with E-state index in [-0.39, 0.29) is 18.2 Å². The molecule has 1 fully saturated rings. The number of aromatic nitrogens is 1. The van der Waals surface area contributed by atoms with Gasteiger partial charge in [0.15, 0.2) is 5.54 Å². The number of amides is 4. The molecule has 4 N–H and O–H groups in total. The summed E-state index contributed by atoms with van der Waals surface area (Å²) in [6.45, 7) is 0.225. The molecule has 3 aliphatic rings. The zero-order valence-corrected chi connectivity index (χ0v) is 19.5. The number of pyridine rings is 1. The van der Waals surface area contributed by atoms with Crippen LogP contribution >= 0.6 is 0 Å². The number of ether oxygens (including phenoxy) is 1. The molecule has 1 saturated heterocycles. The van der Waals surface area contributed by atoms with Crippen LogP contribution in [0.5, 0.6) is 5.75 Å². The largest absolute Gasteiger partial charge is 0.497 e. The molecule has 1 aliphatic carbocycles. The van der Waals surface area contributed by atoms with Crippen LogP contribution in [-0.2, 0) is 23.3 Å². The van der Waals surface area contributed by atoms with E-state index in [0.717, 1.165) is 28.7 Å². The van der Waals surface area contributed by atoms with Gasteiger partial charge in [-0.05, 0) is 59.5 Å². The number of carbonyl (C=O) groups is 3. The minimum absolute atomic E-state index is 0.0781. The number of nitrogen functional groups attached to an aromatic ring is 1. The molecule has 1 aromatic carbocycles. The smallest absolute Gasteiger partial charge is 0.322 e. The van der Waals surface area contributed by atoms with E-state index in [4.69, 9.17) is 14.9 Å². The number of rotatable bonds is 5. The summed E-state index contributed by atoms with van der Waals surface area (Å²) < 4.78 is 11.4. The standard InChI is InChI=1S/C26H23N5O5/c1-35-18-5-2-16-12-31(23(32)19(16)10-18)13-26(24(33)29-25(34)30-26)21-9-17-8-14(3-6-20(17)36-21)15-4-7-22(27)28-11-15/h2,4-5,7-11H,3,6,12-13H2,1H3,(H2,27,28)(H2,29,30,33,34). The van der Waals surface area contributed by atoms with E-state index in [1.165, 1.54) is 12.0 Å². The number of nitrogens with two attached hydrogens (primary N) is 1. The highest BCUT2D eigenvalue weighted by Crippen LogP contribution is 2.38. The Hall–Kier alpha value is -4.60. The third-order valence-electron chi connectivity index (χ3n) is 6.94. The van der Waals surface area contributed by atoms with Crippen LogP contribution in [0.25, 0.3) is 11.6 Å². The van der Waals surface area contributed by atoms with Crippen molar-refractivity contribution in [2.45, 2.75) is 24.9 Å². The number of fused-ring (bicyclic) bond motifs is 2. The lowest BCUT2D eigenvalue weighted by atomic mass is 9.92. The predicted molar refractivity (Wildman–Crippen MR) is 130 cm³/mol. The van der Waals surface area contributed by atoms with Crippen LogP contribution in [0.4, 0.5) is 10.6 Å². The summed E-state index contributed by atoms with van der Waals surface area (Å²) in [7, 11) is 1.54.